The van der Waals surface area contributed by atoms with Crippen LogP contribution < -0.4 is 10.6 Å². The molecule has 86 valence electrons. The molecule has 0 saturated heterocycles. The first-order valence-electron chi connectivity index (χ1n) is 5.91. The highest BCUT2D eigenvalue weighted by Crippen LogP contribution is 2.28. The van der Waals surface area contributed by atoms with Gasteiger partial charge in [0.05, 0.1) is 0 Å². The minimum Gasteiger partial charge on any atom is -0.385 e. The van der Waals surface area contributed by atoms with Gasteiger partial charge in [-0.05, 0) is 49.9 Å². The highest BCUT2D eigenvalue weighted by molar-refractivity contribution is 5.94. The van der Waals surface area contributed by atoms with E-state index in [9.17, 15) is 4.79 Å². The maximum Gasteiger partial charge on any atom is 0.251 e. The number of carbonyl (C=O) groups is 1. The van der Waals surface area contributed by atoms with E-state index in [-0.39, 0.29) is 5.91 Å². The molecule has 0 unspecified atom stereocenters. The van der Waals surface area contributed by atoms with Crippen LogP contribution >= 0.6 is 0 Å². The molecule has 2 N–H and O–H groups in total. The van der Waals surface area contributed by atoms with E-state index in [1.807, 2.05) is 31.2 Å². The van der Waals surface area contributed by atoms with Crippen LogP contribution in [0.2, 0.25) is 0 Å². The second-order valence-electron chi connectivity index (χ2n) is 4.26. The molecule has 0 radical (unpaired) electrons. The van der Waals surface area contributed by atoms with Crippen LogP contribution in [0.3, 0.4) is 0 Å². The molecular formula is C13H18N2O. The molecule has 3 nitrogen and oxygen atoms in total. The molecule has 0 aliphatic heterocycles. The Bertz CT molecular complexity index is 355. The summed E-state index contributed by atoms with van der Waals surface area (Å²) in [5, 5.41) is 6.16. The van der Waals surface area contributed by atoms with Crippen LogP contribution in [0, 0.1) is 5.92 Å². The van der Waals surface area contributed by atoms with E-state index in [2.05, 4.69) is 10.6 Å². The zero-order valence-electron chi connectivity index (χ0n) is 9.62. The van der Waals surface area contributed by atoms with E-state index in [0.29, 0.717) is 6.54 Å². The van der Waals surface area contributed by atoms with Gasteiger partial charge in [0.2, 0.25) is 0 Å². The summed E-state index contributed by atoms with van der Waals surface area (Å²) in [4.78, 5) is 11.5. The van der Waals surface area contributed by atoms with Crippen LogP contribution in [0.4, 0.5) is 5.69 Å². The zero-order valence-corrected chi connectivity index (χ0v) is 9.62. The van der Waals surface area contributed by atoms with Crippen molar-refractivity contribution in [2.45, 2.75) is 19.8 Å². The van der Waals surface area contributed by atoms with Gasteiger partial charge in [-0.2, -0.15) is 0 Å². The van der Waals surface area contributed by atoms with E-state index < -0.39 is 0 Å². The number of benzene rings is 1. The Hall–Kier alpha value is -1.51. The average molecular weight is 218 g/mol. The first-order valence-corrected chi connectivity index (χ1v) is 5.91. The van der Waals surface area contributed by atoms with Gasteiger partial charge in [-0.15, -0.1) is 0 Å². The Kier molecular flexibility index (Phi) is 3.44. The van der Waals surface area contributed by atoms with Crippen LogP contribution in [0.5, 0.6) is 0 Å². The number of amides is 1. The molecule has 1 amide bonds. The van der Waals surface area contributed by atoms with Gasteiger partial charge in [0.1, 0.15) is 0 Å². The lowest BCUT2D eigenvalue weighted by molar-refractivity contribution is 0.0956. The molecule has 1 aliphatic rings. The quantitative estimate of drug-likeness (QED) is 0.796. The van der Waals surface area contributed by atoms with Crippen LogP contribution in [0.1, 0.15) is 30.1 Å². The molecule has 0 atom stereocenters. The molecule has 1 aliphatic carbocycles. The summed E-state index contributed by atoms with van der Waals surface area (Å²) in [6.45, 7) is 3.64. The monoisotopic (exact) mass is 218 g/mol. The number of hydrogen-bond acceptors (Lipinski definition) is 2. The summed E-state index contributed by atoms with van der Waals surface area (Å²) in [5.41, 5.74) is 1.82. The Morgan fingerprint density at radius 2 is 2.00 bits per heavy atom. The molecule has 2 rings (SSSR count). The maximum absolute atomic E-state index is 11.5. The van der Waals surface area contributed by atoms with Crippen molar-refractivity contribution < 1.29 is 4.79 Å². The fraction of sp³-hybridized carbons (Fsp3) is 0.462. The minimum atomic E-state index is -0.00348. The van der Waals surface area contributed by atoms with Gasteiger partial charge in [-0.25, -0.2) is 0 Å². The molecule has 1 aromatic carbocycles. The zero-order chi connectivity index (χ0) is 11.4. The second kappa shape index (κ2) is 5.01. The minimum absolute atomic E-state index is 0.00348. The first kappa shape index (κ1) is 11.0. The lowest BCUT2D eigenvalue weighted by Gasteiger charge is -2.06. The predicted octanol–water partition coefficient (Wildman–Crippen LogP) is 2.26. The smallest absolute Gasteiger partial charge is 0.251 e. The van der Waals surface area contributed by atoms with E-state index in [1.165, 1.54) is 12.8 Å². The lowest BCUT2D eigenvalue weighted by atomic mass is 10.2. The van der Waals surface area contributed by atoms with E-state index in [1.54, 1.807) is 0 Å². The van der Waals surface area contributed by atoms with E-state index in [4.69, 9.17) is 0 Å². The van der Waals surface area contributed by atoms with Crippen LogP contribution in [-0.2, 0) is 0 Å². The standard InChI is InChI=1S/C13H18N2O/c1-2-14-13(16)11-5-7-12(8-6-11)15-9-10-3-4-10/h5-8,10,15H,2-4,9H2,1H3,(H,14,16). The fourth-order valence-electron chi connectivity index (χ4n) is 1.59. The first-order chi connectivity index (χ1) is 7.79. The molecule has 3 heteroatoms. The van der Waals surface area contributed by atoms with Crippen molar-refractivity contribution in [1.29, 1.82) is 0 Å². The third-order valence-corrected chi connectivity index (χ3v) is 2.78. The summed E-state index contributed by atoms with van der Waals surface area (Å²) in [7, 11) is 0. The van der Waals surface area contributed by atoms with Gasteiger partial charge in [0.25, 0.3) is 5.91 Å². The van der Waals surface area contributed by atoms with Crippen molar-refractivity contribution in [2.75, 3.05) is 18.4 Å². The van der Waals surface area contributed by atoms with Gasteiger partial charge in [-0.1, -0.05) is 0 Å². The topological polar surface area (TPSA) is 41.1 Å². The van der Waals surface area contributed by atoms with Crippen molar-refractivity contribution in [3.63, 3.8) is 0 Å². The molecule has 1 fully saturated rings. The largest absolute Gasteiger partial charge is 0.385 e. The third kappa shape index (κ3) is 2.99. The molecule has 0 heterocycles. The van der Waals surface area contributed by atoms with Crippen molar-refractivity contribution >= 4 is 11.6 Å². The molecule has 1 aromatic rings. The third-order valence-electron chi connectivity index (χ3n) is 2.78. The fourth-order valence-corrected chi connectivity index (χ4v) is 1.59. The number of anilines is 1. The summed E-state index contributed by atoms with van der Waals surface area (Å²) >= 11 is 0. The van der Waals surface area contributed by atoms with Gasteiger partial charge < -0.3 is 10.6 Å². The Balaban J connectivity index is 1.89. The SMILES string of the molecule is CCNC(=O)c1ccc(NCC2CC2)cc1. The summed E-state index contributed by atoms with van der Waals surface area (Å²) in [5.74, 6) is 0.860. The van der Waals surface area contributed by atoms with Crippen LogP contribution in [-0.4, -0.2) is 19.0 Å². The Labute approximate surface area is 96.2 Å². The Morgan fingerprint density at radius 1 is 1.31 bits per heavy atom. The number of carbonyl (C=O) groups excluding carboxylic acids is 1. The van der Waals surface area contributed by atoms with Crippen molar-refractivity contribution in [1.82, 2.24) is 5.32 Å². The lowest BCUT2D eigenvalue weighted by Crippen LogP contribution is -2.22. The molecule has 0 aromatic heterocycles. The van der Waals surface area contributed by atoms with Gasteiger partial charge in [0, 0.05) is 24.3 Å². The highest BCUT2D eigenvalue weighted by atomic mass is 16.1. The number of hydrogen-bond donors (Lipinski definition) is 2. The van der Waals surface area contributed by atoms with Gasteiger partial charge >= 0.3 is 0 Å². The number of rotatable bonds is 5. The normalized spacial score (nSPS) is 14.6. The van der Waals surface area contributed by atoms with Crippen molar-refractivity contribution in [3.8, 4) is 0 Å². The van der Waals surface area contributed by atoms with Crippen LogP contribution in [0.15, 0.2) is 24.3 Å². The summed E-state index contributed by atoms with van der Waals surface area (Å²) < 4.78 is 0. The molecule has 0 bridgehead atoms. The van der Waals surface area contributed by atoms with Gasteiger partial charge in [-0.3, -0.25) is 4.79 Å². The molecule has 16 heavy (non-hydrogen) atoms. The van der Waals surface area contributed by atoms with Crippen molar-refractivity contribution in [2.24, 2.45) is 5.92 Å². The molecular weight excluding hydrogens is 200 g/mol. The van der Waals surface area contributed by atoms with Crippen molar-refractivity contribution in [3.05, 3.63) is 29.8 Å². The van der Waals surface area contributed by atoms with Gasteiger partial charge in [0.15, 0.2) is 0 Å². The van der Waals surface area contributed by atoms with Crippen LogP contribution in [0.25, 0.3) is 0 Å². The average Bonchev–Trinajstić information content (AvgIpc) is 3.11. The predicted molar refractivity (Wildman–Crippen MR) is 65.7 cm³/mol. The van der Waals surface area contributed by atoms with E-state index in [0.717, 1.165) is 23.7 Å². The highest BCUT2D eigenvalue weighted by Gasteiger charge is 2.20. The molecule has 0 spiro atoms. The summed E-state index contributed by atoms with van der Waals surface area (Å²) in [6.07, 6.45) is 2.70. The van der Waals surface area contributed by atoms with E-state index >= 15 is 0 Å². The Morgan fingerprint density at radius 3 is 2.56 bits per heavy atom. The number of nitrogens with one attached hydrogen (secondary N) is 2. The maximum atomic E-state index is 11.5. The second-order valence-corrected chi connectivity index (χ2v) is 4.26. The summed E-state index contributed by atoms with van der Waals surface area (Å²) in [6, 6.07) is 7.65. The molecule has 1 saturated carbocycles.